The topological polar surface area (TPSA) is 49.6 Å². The highest BCUT2D eigenvalue weighted by Crippen LogP contribution is 2.41. The van der Waals surface area contributed by atoms with Crippen LogP contribution in [0.3, 0.4) is 0 Å². The minimum atomic E-state index is -0.441. The Labute approximate surface area is 147 Å². The fourth-order valence-electron chi connectivity index (χ4n) is 3.90. The zero-order chi connectivity index (χ0) is 17.3. The lowest BCUT2D eigenvalue weighted by Gasteiger charge is -2.33. The van der Waals surface area contributed by atoms with Crippen LogP contribution in [0.15, 0.2) is 12.4 Å². The first-order chi connectivity index (χ1) is 11.7. The first-order valence-corrected chi connectivity index (χ1v) is 9.96. The molecule has 1 saturated carbocycles. The van der Waals surface area contributed by atoms with Crippen molar-refractivity contribution in [3.63, 3.8) is 0 Å². The smallest absolute Gasteiger partial charge is 0.148 e. The van der Waals surface area contributed by atoms with E-state index < -0.39 is 5.41 Å². The molecule has 0 radical (unpaired) electrons. The second-order valence-corrected chi connectivity index (χ2v) is 7.51. The van der Waals surface area contributed by atoms with E-state index >= 15 is 0 Å². The lowest BCUT2D eigenvalue weighted by atomic mass is 9.69. The van der Waals surface area contributed by atoms with Crippen LogP contribution in [-0.2, 0) is 11.8 Å². The van der Waals surface area contributed by atoms with Crippen molar-refractivity contribution < 1.29 is 0 Å². The van der Waals surface area contributed by atoms with Gasteiger partial charge in [0.25, 0.3) is 0 Å². The van der Waals surface area contributed by atoms with E-state index in [1.54, 1.807) is 0 Å². The average Bonchev–Trinajstić information content (AvgIpc) is 2.63. The zero-order valence-corrected chi connectivity index (χ0v) is 15.6. The lowest BCUT2D eigenvalue weighted by Crippen LogP contribution is -2.32. The molecule has 3 nitrogen and oxygen atoms in total. The third kappa shape index (κ3) is 5.03. The molecule has 132 valence electrons. The largest absolute Gasteiger partial charge is 0.239 e. The van der Waals surface area contributed by atoms with Gasteiger partial charge in [-0.05, 0) is 43.6 Å². The molecule has 24 heavy (non-hydrogen) atoms. The van der Waals surface area contributed by atoms with Crippen LogP contribution in [0.5, 0.6) is 0 Å². The number of aryl methyl sites for hydroxylation is 1. The molecule has 0 aliphatic heterocycles. The van der Waals surface area contributed by atoms with E-state index in [-0.39, 0.29) is 0 Å². The predicted octanol–water partition coefficient (Wildman–Crippen LogP) is 5.74. The van der Waals surface area contributed by atoms with E-state index in [1.165, 1.54) is 44.1 Å². The van der Waals surface area contributed by atoms with E-state index in [1.807, 2.05) is 12.4 Å². The Morgan fingerprint density at radius 3 is 2.29 bits per heavy atom. The van der Waals surface area contributed by atoms with Crippen LogP contribution in [-0.4, -0.2) is 9.97 Å². The Morgan fingerprint density at radius 2 is 1.71 bits per heavy atom. The normalized spacial score (nSPS) is 23.8. The van der Waals surface area contributed by atoms with Crippen LogP contribution in [0.2, 0.25) is 0 Å². The van der Waals surface area contributed by atoms with Crippen molar-refractivity contribution in [1.29, 1.82) is 5.26 Å². The van der Waals surface area contributed by atoms with Gasteiger partial charge in [0.2, 0.25) is 0 Å². The van der Waals surface area contributed by atoms with Gasteiger partial charge in [-0.2, -0.15) is 5.26 Å². The highest BCUT2D eigenvalue weighted by molar-refractivity contribution is 5.22. The molecule has 1 aliphatic rings. The summed E-state index contributed by atoms with van der Waals surface area (Å²) in [7, 11) is 0. The molecule has 0 amide bonds. The SMILES string of the molecule is CCCCCCCC1CCC(C#N)(c2ncc(CCC)cn2)CC1. The second-order valence-electron chi connectivity index (χ2n) is 7.51. The van der Waals surface area contributed by atoms with Gasteiger partial charge in [-0.1, -0.05) is 58.8 Å². The summed E-state index contributed by atoms with van der Waals surface area (Å²) in [6.07, 6.45) is 18.2. The summed E-state index contributed by atoms with van der Waals surface area (Å²) in [4.78, 5) is 9.10. The summed E-state index contributed by atoms with van der Waals surface area (Å²) in [5.41, 5.74) is 0.735. The maximum Gasteiger partial charge on any atom is 0.148 e. The van der Waals surface area contributed by atoms with Crippen LogP contribution in [0.25, 0.3) is 0 Å². The van der Waals surface area contributed by atoms with Crippen molar-refractivity contribution in [3.8, 4) is 6.07 Å². The van der Waals surface area contributed by atoms with Gasteiger partial charge < -0.3 is 0 Å². The molecule has 0 spiro atoms. The van der Waals surface area contributed by atoms with Gasteiger partial charge in [-0.15, -0.1) is 0 Å². The lowest BCUT2D eigenvalue weighted by molar-refractivity contribution is 0.253. The Balaban J connectivity index is 1.86. The molecule has 0 saturated heterocycles. The summed E-state index contributed by atoms with van der Waals surface area (Å²) < 4.78 is 0. The first kappa shape index (κ1) is 18.9. The Kier molecular flexibility index (Phi) is 7.69. The Hall–Kier alpha value is -1.43. The molecule has 1 aliphatic carbocycles. The van der Waals surface area contributed by atoms with Gasteiger partial charge in [-0.25, -0.2) is 9.97 Å². The highest BCUT2D eigenvalue weighted by atomic mass is 14.9. The van der Waals surface area contributed by atoms with E-state index in [0.29, 0.717) is 0 Å². The number of nitriles is 1. The maximum atomic E-state index is 9.80. The van der Waals surface area contributed by atoms with Gasteiger partial charge in [0.1, 0.15) is 11.2 Å². The van der Waals surface area contributed by atoms with Crippen LogP contribution in [0.4, 0.5) is 0 Å². The number of nitrogens with zero attached hydrogens (tertiary/aromatic N) is 3. The third-order valence-electron chi connectivity index (χ3n) is 5.56. The molecule has 1 aromatic heterocycles. The minimum absolute atomic E-state index is 0.441. The fraction of sp³-hybridized carbons (Fsp3) is 0.762. The molecule has 1 aromatic rings. The number of aromatic nitrogens is 2. The summed E-state index contributed by atoms with van der Waals surface area (Å²) in [6, 6.07) is 2.56. The zero-order valence-electron chi connectivity index (χ0n) is 15.6. The molecule has 0 unspecified atom stereocenters. The molecule has 0 atom stereocenters. The van der Waals surface area contributed by atoms with Gasteiger partial charge in [-0.3, -0.25) is 0 Å². The molecule has 0 N–H and O–H groups in total. The van der Waals surface area contributed by atoms with Crippen LogP contribution in [0, 0.1) is 17.2 Å². The number of rotatable bonds is 9. The fourth-order valence-corrected chi connectivity index (χ4v) is 3.90. The van der Waals surface area contributed by atoms with Crippen LogP contribution in [0.1, 0.15) is 95.9 Å². The third-order valence-corrected chi connectivity index (χ3v) is 5.56. The standard InChI is InChI=1S/C21H33N3/c1-3-5-6-7-8-10-18-11-13-21(17-22,14-12-18)20-23-15-19(9-4-2)16-24-20/h15-16,18H,3-14H2,1-2H3. The number of hydrogen-bond donors (Lipinski definition) is 0. The highest BCUT2D eigenvalue weighted by Gasteiger charge is 2.39. The van der Waals surface area contributed by atoms with Crippen molar-refractivity contribution in [2.75, 3.05) is 0 Å². The van der Waals surface area contributed by atoms with E-state index in [9.17, 15) is 5.26 Å². The summed E-state index contributed by atoms with van der Waals surface area (Å²) in [5.74, 6) is 1.55. The Morgan fingerprint density at radius 1 is 1.04 bits per heavy atom. The molecular weight excluding hydrogens is 294 g/mol. The molecule has 1 heterocycles. The van der Waals surface area contributed by atoms with Gasteiger partial charge in [0, 0.05) is 12.4 Å². The van der Waals surface area contributed by atoms with E-state index in [4.69, 9.17) is 0 Å². The van der Waals surface area contributed by atoms with Crippen molar-refractivity contribution >= 4 is 0 Å². The molecule has 2 rings (SSSR count). The van der Waals surface area contributed by atoms with Crippen molar-refractivity contribution in [3.05, 3.63) is 23.8 Å². The molecular formula is C21H33N3. The maximum absolute atomic E-state index is 9.80. The predicted molar refractivity (Wildman–Crippen MR) is 98.7 cm³/mol. The average molecular weight is 328 g/mol. The van der Waals surface area contributed by atoms with Crippen molar-refractivity contribution in [1.82, 2.24) is 9.97 Å². The Bertz CT molecular complexity index is 507. The van der Waals surface area contributed by atoms with Gasteiger partial charge >= 0.3 is 0 Å². The summed E-state index contributed by atoms with van der Waals surface area (Å²) >= 11 is 0. The quantitative estimate of drug-likeness (QED) is 0.543. The molecule has 1 fully saturated rings. The van der Waals surface area contributed by atoms with Crippen LogP contribution < -0.4 is 0 Å². The monoisotopic (exact) mass is 327 g/mol. The second kappa shape index (κ2) is 9.77. The first-order valence-electron chi connectivity index (χ1n) is 9.96. The molecule has 3 heteroatoms. The van der Waals surface area contributed by atoms with Crippen molar-refractivity contribution in [2.24, 2.45) is 5.92 Å². The van der Waals surface area contributed by atoms with Crippen LogP contribution >= 0.6 is 0 Å². The van der Waals surface area contributed by atoms with Gasteiger partial charge in [0.15, 0.2) is 0 Å². The molecule has 0 aromatic carbocycles. The summed E-state index contributed by atoms with van der Waals surface area (Å²) in [6.45, 7) is 4.42. The van der Waals surface area contributed by atoms with Gasteiger partial charge in [0.05, 0.1) is 6.07 Å². The minimum Gasteiger partial charge on any atom is -0.239 e. The number of unbranched alkanes of at least 4 members (excludes halogenated alkanes) is 4. The summed E-state index contributed by atoms with van der Waals surface area (Å²) in [5, 5.41) is 9.80. The number of hydrogen-bond acceptors (Lipinski definition) is 3. The van der Waals surface area contributed by atoms with E-state index in [0.717, 1.165) is 50.3 Å². The molecule has 0 bridgehead atoms. The van der Waals surface area contributed by atoms with Crippen molar-refractivity contribution in [2.45, 2.75) is 96.3 Å². The van der Waals surface area contributed by atoms with E-state index in [2.05, 4.69) is 29.9 Å².